The fourth-order valence-corrected chi connectivity index (χ4v) is 4.27. The predicted molar refractivity (Wildman–Crippen MR) is 121 cm³/mol. The van der Waals surface area contributed by atoms with Gasteiger partial charge in [-0.15, -0.1) is 0 Å². The summed E-state index contributed by atoms with van der Waals surface area (Å²) in [6.07, 6.45) is 9.57. The van der Waals surface area contributed by atoms with Gasteiger partial charge in [0.1, 0.15) is 0 Å². The fourth-order valence-electron chi connectivity index (χ4n) is 4.27. The van der Waals surface area contributed by atoms with E-state index in [0.29, 0.717) is 24.7 Å². The number of likely N-dealkylation sites (N-methyl/N-ethyl adjacent to an activating group) is 1. The summed E-state index contributed by atoms with van der Waals surface area (Å²) in [5.41, 5.74) is 1.32. The van der Waals surface area contributed by atoms with Crippen molar-refractivity contribution < 1.29 is 14.6 Å². The molecule has 1 fully saturated rings. The number of aliphatic hydroxyl groups is 1. The Morgan fingerprint density at radius 2 is 1.76 bits per heavy atom. The van der Waals surface area contributed by atoms with Gasteiger partial charge in [0.05, 0.1) is 25.9 Å². The summed E-state index contributed by atoms with van der Waals surface area (Å²) >= 11 is 0. The smallest absolute Gasteiger partial charge is 0.240 e. The van der Waals surface area contributed by atoms with Crippen LogP contribution in [0.4, 0.5) is 0 Å². The molecule has 170 valence electrons. The number of amides is 1. The quantitative estimate of drug-likeness (QED) is 0.525. The second kappa shape index (κ2) is 12.1. The lowest BCUT2D eigenvalue weighted by Crippen LogP contribution is -2.39. The van der Waals surface area contributed by atoms with Gasteiger partial charge in [0.2, 0.25) is 5.91 Å². The van der Waals surface area contributed by atoms with Crippen LogP contribution in [-0.4, -0.2) is 55.4 Å². The molecule has 0 saturated heterocycles. The van der Waals surface area contributed by atoms with Crippen molar-refractivity contribution >= 4 is 5.91 Å². The van der Waals surface area contributed by atoms with Crippen LogP contribution in [-0.2, 0) is 9.53 Å². The molecular formula is C24H46N2O3. The van der Waals surface area contributed by atoms with E-state index in [1.165, 1.54) is 32.1 Å². The molecule has 5 nitrogen and oxygen atoms in total. The Hall–Kier alpha value is -0.910. The van der Waals surface area contributed by atoms with Crippen LogP contribution in [0.5, 0.6) is 0 Å². The lowest BCUT2D eigenvalue weighted by Gasteiger charge is -2.33. The van der Waals surface area contributed by atoms with Crippen LogP contribution in [0.25, 0.3) is 0 Å². The maximum absolute atomic E-state index is 12.4. The average Bonchev–Trinajstić information content (AvgIpc) is 2.60. The van der Waals surface area contributed by atoms with E-state index >= 15 is 0 Å². The van der Waals surface area contributed by atoms with Gasteiger partial charge in [-0.25, -0.2) is 0 Å². The maximum atomic E-state index is 12.4. The van der Waals surface area contributed by atoms with Crippen LogP contribution in [0, 0.1) is 16.7 Å². The molecule has 0 aliphatic heterocycles. The Morgan fingerprint density at radius 1 is 1.14 bits per heavy atom. The first-order valence-corrected chi connectivity index (χ1v) is 11.3. The zero-order chi connectivity index (χ0) is 22.1. The normalized spacial score (nSPS) is 21.3. The molecule has 0 unspecified atom stereocenters. The molecule has 0 heterocycles. The maximum Gasteiger partial charge on any atom is 0.240 e. The van der Waals surface area contributed by atoms with Crippen LogP contribution < -0.4 is 5.32 Å². The van der Waals surface area contributed by atoms with Crippen molar-refractivity contribution in [1.29, 1.82) is 0 Å². The van der Waals surface area contributed by atoms with Crippen molar-refractivity contribution in [2.24, 2.45) is 16.7 Å². The minimum absolute atomic E-state index is 0.0118. The monoisotopic (exact) mass is 410 g/mol. The van der Waals surface area contributed by atoms with Crippen LogP contribution in [0.15, 0.2) is 11.8 Å². The average molecular weight is 411 g/mol. The first-order valence-electron chi connectivity index (χ1n) is 11.3. The highest BCUT2D eigenvalue weighted by molar-refractivity contribution is 5.79. The van der Waals surface area contributed by atoms with Crippen molar-refractivity contribution in [2.45, 2.75) is 86.2 Å². The summed E-state index contributed by atoms with van der Waals surface area (Å²) in [4.78, 5) is 14.2. The number of carbonyl (C=O) groups is 1. The van der Waals surface area contributed by atoms with Gasteiger partial charge in [0.25, 0.3) is 0 Å². The predicted octanol–water partition coefficient (Wildman–Crippen LogP) is 4.36. The van der Waals surface area contributed by atoms with Gasteiger partial charge in [-0.1, -0.05) is 47.6 Å². The Morgan fingerprint density at radius 3 is 2.28 bits per heavy atom. The first kappa shape index (κ1) is 26.1. The number of allylic oxidation sites excluding steroid dienone is 1. The molecule has 2 N–H and O–H groups in total. The largest absolute Gasteiger partial charge is 0.395 e. The number of ether oxygens (including phenoxy) is 1. The molecule has 1 saturated carbocycles. The molecule has 0 spiro atoms. The molecule has 0 aromatic carbocycles. The standard InChI is InChI=1S/C24H46N2O3/c1-23(2,3)17-19-10-12-20(13-11-19)29-16-8-9-21(24(4,5)6)26(7)22(28)18-25-14-15-27/h9,19-20,25,27H,8,10-18H2,1-7H3/b21-9+. The molecule has 29 heavy (non-hydrogen) atoms. The van der Waals surface area contributed by atoms with Gasteiger partial charge < -0.3 is 20.1 Å². The summed E-state index contributed by atoms with van der Waals surface area (Å²) < 4.78 is 6.16. The van der Waals surface area contributed by atoms with E-state index in [1.807, 2.05) is 7.05 Å². The zero-order valence-corrected chi connectivity index (χ0v) is 20.0. The number of hydrogen-bond acceptors (Lipinski definition) is 4. The van der Waals surface area contributed by atoms with Crippen LogP contribution >= 0.6 is 0 Å². The van der Waals surface area contributed by atoms with E-state index in [4.69, 9.17) is 9.84 Å². The van der Waals surface area contributed by atoms with E-state index in [-0.39, 0.29) is 24.5 Å². The van der Waals surface area contributed by atoms with Gasteiger partial charge in [-0.2, -0.15) is 0 Å². The van der Waals surface area contributed by atoms with Crippen molar-refractivity contribution in [1.82, 2.24) is 10.2 Å². The third-order valence-electron chi connectivity index (χ3n) is 5.57. The van der Waals surface area contributed by atoms with Crippen molar-refractivity contribution in [2.75, 3.05) is 33.4 Å². The van der Waals surface area contributed by atoms with E-state index < -0.39 is 0 Å². The number of carbonyl (C=O) groups excluding carboxylic acids is 1. The van der Waals surface area contributed by atoms with E-state index in [2.05, 4.69) is 52.9 Å². The highest BCUT2D eigenvalue weighted by Gasteiger charge is 2.26. The number of rotatable bonds is 10. The molecule has 0 radical (unpaired) electrons. The third-order valence-corrected chi connectivity index (χ3v) is 5.57. The Labute approximate surface area is 179 Å². The topological polar surface area (TPSA) is 61.8 Å². The molecular weight excluding hydrogens is 364 g/mol. The second-order valence-corrected chi connectivity index (χ2v) is 10.8. The molecule has 1 aliphatic carbocycles. The molecule has 0 aromatic heterocycles. The van der Waals surface area contributed by atoms with Gasteiger partial charge in [-0.3, -0.25) is 4.79 Å². The fraction of sp³-hybridized carbons (Fsp3) is 0.875. The van der Waals surface area contributed by atoms with Gasteiger partial charge in [0, 0.05) is 24.7 Å². The summed E-state index contributed by atoms with van der Waals surface area (Å²) in [5.74, 6) is 0.860. The lowest BCUT2D eigenvalue weighted by atomic mass is 9.77. The lowest BCUT2D eigenvalue weighted by molar-refractivity contribution is -0.127. The Balaban J connectivity index is 2.46. The molecule has 1 rings (SSSR count). The number of hydrogen-bond donors (Lipinski definition) is 2. The molecule has 1 amide bonds. The Kier molecular flexibility index (Phi) is 10.9. The van der Waals surface area contributed by atoms with Crippen molar-refractivity contribution in [3.8, 4) is 0 Å². The van der Waals surface area contributed by atoms with E-state index in [9.17, 15) is 4.79 Å². The van der Waals surface area contributed by atoms with E-state index in [0.717, 1.165) is 18.0 Å². The number of aliphatic hydroxyl groups excluding tert-OH is 1. The summed E-state index contributed by atoms with van der Waals surface area (Å²) in [6.45, 7) is 14.8. The highest BCUT2D eigenvalue weighted by atomic mass is 16.5. The van der Waals surface area contributed by atoms with Gasteiger partial charge >= 0.3 is 0 Å². The van der Waals surface area contributed by atoms with Crippen molar-refractivity contribution in [3.05, 3.63) is 11.8 Å². The highest BCUT2D eigenvalue weighted by Crippen LogP contribution is 2.35. The van der Waals surface area contributed by atoms with E-state index in [1.54, 1.807) is 4.90 Å². The second-order valence-electron chi connectivity index (χ2n) is 10.8. The minimum Gasteiger partial charge on any atom is -0.395 e. The molecule has 0 atom stereocenters. The molecule has 5 heteroatoms. The molecule has 0 aromatic rings. The van der Waals surface area contributed by atoms with Gasteiger partial charge in [0.15, 0.2) is 0 Å². The molecule has 0 bridgehead atoms. The Bertz CT molecular complexity index is 509. The minimum atomic E-state index is -0.119. The zero-order valence-electron chi connectivity index (χ0n) is 20.0. The summed E-state index contributed by atoms with van der Waals surface area (Å²) in [5, 5.41) is 11.8. The van der Waals surface area contributed by atoms with Crippen LogP contribution in [0.1, 0.15) is 80.1 Å². The van der Waals surface area contributed by atoms with Crippen LogP contribution in [0.3, 0.4) is 0 Å². The number of nitrogens with one attached hydrogen (secondary N) is 1. The van der Waals surface area contributed by atoms with Crippen molar-refractivity contribution in [3.63, 3.8) is 0 Å². The summed E-state index contributed by atoms with van der Waals surface area (Å²) in [6, 6.07) is 0. The van der Waals surface area contributed by atoms with Crippen LogP contribution in [0.2, 0.25) is 0 Å². The molecule has 1 aliphatic rings. The van der Waals surface area contributed by atoms with Gasteiger partial charge in [-0.05, 0) is 49.9 Å². The SMILES string of the molecule is CN(C(=O)CNCCO)/C(=C/CCOC1CCC(CC(C)(C)C)CC1)C(C)(C)C. The third kappa shape index (κ3) is 10.6. The first-order chi connectivity index (χ1) is 13.4. The number of nitrogens with zero attached hydrogens (tertiary/aromatic N) is 1. The summed E-state index contributed by atoms with van der Waals surface area (Å²) in [7, 11) is 1.83.